The lowest BCUT2D eigenvalue weighted by Crippen LogP contribution is -2.49. The van der Waals surface area contributed by atoms with Gasteiger partial charge in [-0.1, -0.05) is 0 Å². The molecule has 0 saturated carbocycles. The minimum atomic E-state index is -0.587. The second-order valence-electron chi connectivity index (χ2n) is 6.48. The first-order chi connectivity index (χ1) is 13.0. The third kappa shape index (κ3) is 4.34. The largest absolute Gasteiger partial charge is 0.419 e. The van der Waals surface area contributed by atoms with Gasteiger partial charge in [0.2, 0.25) is 5.91 Å². The van der Waals surface area contributed by atoms with Crippen molar-refractivity contribution < 1.29 is 19.2 Å². The Morgan fingerprint density at radius 3 is 2.63 bits per heavy atom. The summed E-state index contributed by atoms with van der Waals surface area (Å²) < 4.78 is 6.47. The number of aryl methyl sites for hydroxylation is 1. The van der Waals surface area contributed by atoms with Gasteiger partial charge in [0.15, 0.2) is 5.58 Å². The second kappa shape index (κ2) is 8.31. The summed E-state index contributed by atoms with van der Waals surface area (Å²) in [5.41, 5.74) is 0.509. The molecule has 2 aromatic rings. The Morgan fingerprint density at radius 2 is 1.96 bits per heavy atom. The summed E-state index contributed by atoms with van der Waals surface area (Å²) in [6.07, 6.45) is 0.785. The zero-order chi connectivity index (χ0) is 19.4. The van der Waals surface area contributed by atoms with Crippen LogP contribution < -0.4 is 5.76 Å². The molecule has 1 aliphatic heterocycles. The number of aliphatic hydroxyl groups excluding tert-OH is 1. The van der Waals surface area contributed by atoms with E-state index in [2.05, 4.69) is 4.90 Å². The van der Waals surface area contributed by atoms with Gasteiger partial charge in [0, 0.05) is 51.8 Å². The number of nitro groups is 1. The van der Waals surface area contributed by atoms with Crippen molar-refractivity contribution in [2.75, 3.05) is 39.3 Å². The Bertz CT molecular complexity index is 881. The number of hydrogen-bond acceptors (Lipinski definition) is 7. The number of carbonyl (C=O) groups excluding carboxylic acids is 1. The minimum Gasteiger partial charge on any atom is -0.407 e. The second-order valence-corrected chi connectivity index (χ2v) is 6.48. The molecule has 1 N–H and O–H groups in total. The van der Waals surface area contributed by atoms with E-state index in [9.17, 15) is 19.7 Å². The van der Waals surface area contributed by atoms with E-state index in [1.54, 1.807) is 4.90 Å². The normalized spacial score (nSPS) is 15.4. The van der Waals surface area contributed by atoms with E-state index in [4.69, 9.17) is 9.52 Å². The third-order valence-electron chi connectivity index (χ3n) is 4.78. The SMILES string of the molecule is O=C(CCCn1c(=O)oc2cc([N+](=O)[O-])ccc21)N1CCN(CCO)CC1. The van der Waals surface area contributed by atoms with E-state index in [0.717, 1.165) is 13.1 Å². The van der Waals surface area contributed by atoms with Crippen LogP contribution in [0.5, 0.6) is 0 Å². The molecule has 0 aliphatic carbocycles. The molecule has 1 aliphatic rings. The number of aromatic nitrogens is 1. The van der Waals surface area contributed by atoms with Crippen molar-refractivity contribution in [3.8, 4) is 0 Å². The van der Waals surface area contributed by atoms with Crippen LogP contribution in [0.3, 0.4) is 0 Å². The maximum Gasteiger partial charge on any atom is 0.419 e. The molecule has 27 heavy (non-hydrogen) atoms. The number of benzene rings is 1. The summed E-state index contributed by atoms with van der Waals surface area (Å²) in [7, 11) is 0. The number of fused-ring (bicyclic) bond motifs is 1. The fourth-order valence-electron chi connectivity index (χ4n) is 3.29. The number of amides is 1. The number of nitrogens with zero attached hydrogens (tertiary/aromatic N) is 4. The molecule has 2 heterocycles. The molecule has 10 nitrogen and oxygen atoms in total. The van der Waals surface area contributed by atoms with Gasteiger partial charge in [-0.2, -0.15) is 0 Å². The molecule has 0 atom stereocenters. The lowest BCUT2D eigenvalue weighted by molar-refractivity contribution is -0.384. The highest BCUT2D eigenvalue weighted by Gasteiger charge is 2.20. The van der Waals surface area contributed by atoms with Crippen molar-refractivity contribution >= 4 is 22.7 Å². The molecule has 1 saturated heterocycles. The van der Waals surface area contributed by atoms with Crippen LogP contribution in [-0.2, 0) is 11.3 Å². The van der Waals surface area contributed by atoms with Gasteiger partial charge in [0.25, 0.3) is 5.69 Å². The number of piperazine rings is 1. The summed E-state index contributed by atoms with van der Waals surface area (Å²) in [5, 5.41) is 19.8. The fraction of sp³-hybridized carbons (Fsp3) is 0.529. The number of nitro benzene ring substituents is 1. The summed E-state index contributed by atoms with van der Waals surface area (Å²) in [5.74, 6) is -0.550. The standard InChI is InChI=1S/C17H22N4O6/c22-11-10-18-6-8-19(9-7-18)16(23)2-1-5-20-14-4-3-13(21(25)26)12-15(14)27-17(20)24/h3-4,12,22H,1-2,5-11H2. The van der Waals surface area contributed by atoms with E-state index < -0.39 is 10.7 Å². The molecule has 1 amide bonds. The lowest BCUT2D eigenvalue weighted by Gasteiger charge is -2.34. The van der Waals surface area contributed by atoms with Crippen LogP contribution >= 0.6 is 0 Å². The third-order valence-corrected chi connectivity index (χ3v) is 4.78. The Morgan fingerprint density at radius 1 is 1.22 bits per heavy atom. The number of aliphatic hydroxyl groups is 1. The van der Waals surface area contributed by atoms with Crippen LogP contribution in [0.15, 0.2) is 27.4 Å². The molecule has 0 bridgehead atoms. The van der Waals surface area contributed by atoms with Gasteiger partial charge in [0.1, 0.15) is 0 Å². The Balaban J connectivity index is 1.56. The zero-order valence-electron chi connectivity index (χ0n) is 14.9. The predicted octanol–water partition coefficient (Wildman–Crippen LogP) is 0.419. The minimum absolute atomic E-state index is 0.0372. The van der Waals surface area contributed by atoms with Crippen molar-refractivity contribution in [2.45, 2.75) is 19.4 Å². The van der Waals surface area contributed by atoms with Gasteiger partial charge in [-0.15, -0.1) is 0 Å². The topological polar surface area (TPSA) is 122 Å². The maximum atomic E-state index is 12.3. The number of hydrogen-bond donors (Lipinski definition) is 1. The predicted molar refractivity (Wildman–Crippen MR) is 96.5 cm³/mol. The Kier molecular flexibility index (Phi) is 5.87. The average molecular weight is 378 g/mol. The molecule has 1 aromatic heterocycles. The Hall–Kier alpha value is -2.72. The molecule has 146 valence electrons. The van der Waals surface area contributed by atoms with E-state index in [1.807, 2.05) is 0 Å². The molecule has 0 spiro atoms. The highest BCUT2D eigenvalue weighted by atomic mass is 16.6. The van der Waals surface area contributed by atoms with Gasteiger partial charge in [0.05, 0.1) is 23.1 Å². The lowest BCUT2D eigenvalue weighted by atomic mass is 10.2. The number of oxazole rings is 1. The van der Waals surface area contributed by atoms with Crippen LogP contribution in [0.4, 0.5) is 5.69 Å². The van der Waals surface area contributed by atoms with E-state index >= 15 is 0 Å². The molecular formula is C17H22N4O6. The highest BCUT2D eigenvalue weighted by molar-refractivity contribution is 5.77. The molecule has 1 fully saturated rings. The first-order valence-electron chi connectivity index (χ1n) is 8.88. The van der Waals surface area contributed by atoms with Crippen molar-refractivity contribution in [3.63, 3.8) is 0 Å². The number of β-amino-alcohol motifs (C(OH)–C–C–N with tert-alkyl or cyclic N) is 1. The van der Waals surface area contributed by atoms with E-state index in [1.165, 1.54) is 22.8 Å². The molecule has 10 heteroatoms. The first-order valence-corrected chi connectivity index (χ1v) is 8.88. The zero-order valence-corrected chi connectivity index (χ0v) is 14.9. The van der Waals surface area contributed by atoms with Crippen LogP contribution in [-0.4, -0.2) is 69.6 Å². The number of non-ortho nitro benzene ring substituents is 1. The molecule has 0 unspecified atom stereocenters. The average Bonchev–Trinajstić information content (AvgIpc) is 2.97. The van der Waals surface area contributed by atoms with Gasteiger partial charge in [-0.25, -0.2) is 4.79 Å². The smallest absolute Gasteiger partial charge is 0.407 e. The summed E-state index contributed by atoms with van der Waals surface area (Å²) in [4.78, 5) is 38.5. The van der Waals surface area contributed by atoms with Crippen molar-refractivity contribution in [1.82, 2.24) is 14.4 Å². The van der Waals surface area contributed by atoms with Crippen LogP contribution in [0.25, 0.3) is 11.1 Å². The quantitative estimate of drug-likeness (QED) is 0.547. The van der Waals surface area contributed by atoms with Gasteiger partial charge >= 0.3 is 5.76 Å². The van der Waals surface area contributed by atoms with E-state index in [0.29, 0.717) is 44.5 Å². The van der Waals surface area contributed by atoms with Crippen molar-refractivity contribution in [1.29, 1.82) is 0 Å². The maximum absolute atomic E-state index is 12.3. The monoisotopic (exact) mass is 378 g/mol. The van der Waals surface area contributed by atoms with E-state index in [-0.39, 0.29) is 23.8 Å². The molecule has 1 aromatic carbocycles. The summed E-state index contributed by atoms with van der Waals surface area (Å²) in [6.45, 7) is 3.81. The van der Waals surface area contributed by atoms with Crippen molar-refractivity contribution in [2.24, 2.45) is 0 Å². The summed E-state index contributed by atoms with van der Waals surface area (Å²) >= 11 is 0. The number of rotatable bonds is 7. The summed E-state index contributed by atoms with van der Waals surface area (Å²) in [6, 6.07) is 4.04. The molecule has 3 rings (SSSR count). The van der Waals surface area contributed by atoms with Gasteiger partial charge in [-0.05, 0) is 12.5 Å². The van der Waals surface area contributed by atoms with Crippen molar-refractivity contribution in [3.05, 3.63) is 38.9 Å². The van der Waals surface area contributed by atoms with Gasteiger partial charge in [-0.3, -0.25) is 24.4 Å². The first kappa shape index (κ1) is 19.1. The molecular weight excluding hydrogens is 356 g/mol. The number of carbonyl (C=O) groups is 1. The van der Waals surface area contributed by atoms with Gasteiger partial charge < -0.3 is 14.4 Å². The Labute approximate surface area is 154 Å². The van der Waals surface area contributed by atoms with Crippen LogP contribution in [0, 0.1) is 10.1 Å². The van der Waals surface area contributed by atoms with Crippen LogP contribution in [0.2, 0.25) is 0 Å². The highest BCUT2D eigenvalue weighted by Crippen LogP contribution is 2.20. The molecule has 0 radical (unpaired) electrons. The van der Waals surface area contributed by atoms with Crippen LogP contribution in [0.1, 0.15) is 12.8 Å². The fourth-order valence-corrected chi connectivity index (χ4v) is 3.29.